The van der Waals surface area contributed by atoms with E-state index in [0.29, 0.717) is 6.42 Å². The van der Waals surface area contributed by atoms with Crippen molar-refractivity contribution < 1.29 is 62.0 Å². The molecule has 0 fully saturated rings. The van der Waals surface area contributed by atoms with Crippen molar-refractivity contribution in [1.82, 2.24) is 0 Å². The fraction of sp³-hybridized carbons (Fsp3) is 0.895. The zero-order valence-corrected chi connectivity index (χ0v) is 20.3. The van der Waals surface area contributed by atoms with Gasteiger partial charge in [0.1, 0.15) is 0 Å². The second-order valence-corrected chi connectivity index (χ2v) is 8.59. The Morgan fingerprint density at radius 1 is 0.857 bits per heavy atom. The number of hydrogen-bond acceptors (Lipinski definition) is 6. The van der Waals surface area contributed by atoms with Crippen molar-refractivity contribution in [2.75, 3.05) is 6.61 Å². The van der Waals surface area contributed by atoms with Gasteiger partial charge in [0, 0.05) is 12.4 Å². The molecule has 1 unspecified atom stereocenters. The Labute approximate surface area is 192 Å². The van der Waals surface area contributed by atoms with Crippen LogP contribution in [0.2, 0.25) is 0 Å². The summed E-state index contributed by atoms with van der Waals surface area (Å²) in [7, 11) is -4.82. The maximum absolute atomic E-state index is 11.6. The van der Waals surface area contributed by atoms with Crippen molar-refractivity contribution in [3.8, 4) is 0 Å². The van der Waals surface area contributed by atoms with E-state index in [2.05, 4.69) is 6.92 Å². The summed E-state index contributed by atoms with van der Waals surface area (Å²) in [6.07, 6.45) is 14.1. The number of rotatable bonds is 18. The van der Waals surface area contributed by atoms with E-state index in [9.17, 15) is 23.1 Å². The second-order valence-electron chi connectivity index (χ2n) is 6.99. The van der Waals surface area contributed by atoms with Crippen LogP contribution >= 0.6 is 0 Å². The third kappa shape index (κ3) is 17.9. The van der Waals surface area contributed by atoms with Gasteiger partial charge in [-0.1, -0.05) is 84.0 Å². The molecule has 0 aromatic rings. The van der Waals surface area contributed by atoms with Crippen LogP contribution in [0.3, 0.4) is 0 Å². The molecule has 0 bridgehead atoms. The summed E-state index contributed by atoms with van der Waals surface area (Å²) in [5, 5.41) is 8.35. The van der Waals surface area contributed by atoms with Gasteiger partial charge in [0.15, 0.2) is 5.25 Å². The molecule has 0 radical (unpaired) electrons. The number of ether oxygens (including phenoxy) is 1. The molecule has 7 nitrogen and oxygen atoms in total. The Balaban J connectivity index is 0. The topological polar surface area (TPSA) is 121 Å². The summed E-state index contributed by atoms with van der Waals surface area (Å²) < 4.78 is 35.7. The van der Waals surface area contributed by atoms with E-state index < -0.39 is 33.7 Å². The molecule has 0 amide bonds. The molecule has 28 heavy (non-hydrogen) atoms. The number of carboxylic acid groups (broad SMARTS) is 1. The molecule has 9 heteroatoms. The minimum atomic E-state index is -4.82. The molecular formula is C19H35NaO7S. The molecule has 0 aliphatic heterocycles. The summed E-state index contributed by atoms with van der Waals surface area (Å²) >= 11 is 0. The normalized spacial score (nSPS) is 12.2. The number of carbonyl (C=O) groups is 2. The van der Waals surface area contributed by atoms with Crippen LogP contribution in [-0.2, 0) is 24.4 Å². The van der Waals surface area contributed by atoms with Crippen molar-refractivity contribution in [3.05, 3.63) is 0 Å². The Morgan fingerprint density at radius 2 is 1.25 bits per heavy atom. The average Bonchev–Trinajstić information content (AvgIpc) is 2.58. The maximum atomic E-state index is 11.6. The molecule has 0 heterocycles. The first kappa shape index (κ1) is 30.0. The SMILES string of the molecule is CCCCCCCCCCCCCCCOC(=O)C(CC(=O)[O-])S(=O)(=O)O.[Na+]. The van der Waals surface area contributed by atoms with Gasteiger partial charge >= 0.3 is 35.5 Å². The quantitative estimate of drug-likeness (QED) is 0.141. The maximum Gasteiger partial charge on any atom is 1.00 e. The van der Waals surface area contributed by atoms with E-state index in [4.69, 9.17) is 9.29 Å². The molecule has 0 aromatic carbocycles. The second kappa shape index (κ2) is 18.9. The zero-order valence-electron chi connectivity index (χ0n) is 17.5. The van der Waals surface area contributed by atoms with Crippen LogP contribution in [-0.4, -0.2) is 36.8 Å². The van der Waals surface area contributed by atoms with Gasteiger partial charge in [0.2, 0.25) is 0 Å². The monoisotopic (exact) mass is 430 g/mol. The number of esters is 1. The van der Waals surface area contributed by atoms with E-state index in [1.54, 1.807) is 0 Å². The summed E-state index contributed by atoms with van der Waals surface area (Å²) in [6.45, 7) is 2.23. The molecule has 0 aliphatic rings. The molecule has 0 aliphatic carbocycles. The van der Waals surface area contributed by atoms with Gasteiger partial charge in [0.05, 0.1) is 6.61 Å². The van der Waals surface area contributed by atoms with Crippen LogP contribution in [0.25, 0.3) is 0 Å². The Bertz CT molecular complexity index is 508. The van der Waals surface area contributed by atoms with Gasteiger partial charge in [0.25, 0.3) is 10.1 Å². The number of hydrogen-bond donors (Lipinski definition) is 1. The van der Waals surface area contributed by atoms with E-state index >= 15 is 0 Å². The largest absolute Gasteiger partial charge is 1.00 e. The van der Waals surface area contributed by atoms with Crippen molar-refractivity contribution in [2.24, 2.45) is 0 Å². The predicted octanol–water partition coefficient (Wildman–Crippen LogP) is 0.0212. The van der Waals surface area contributed by atoms with Crippen LogP contribution in [0.5, 0.6) is 0 Å². The Kier molecular flexibility index (Phi) is 20.2. The summed E-state index contributed by atoms with van der Waals surface area (Å²) in [6, 6.07) is 0. The van der Waals surface area contributed by atoms with E-state index in [0.717, 1.165) is 19.3 Å². The molecular weight excluding hydrogens is 395 g/mol. The van der Waals surface area contributed by atoms with Gasteiger partial charge in [-0.15, -0.1) is 0 Å². The van der Waals surface area contributed by atoms with Gasteiger partial charge < -0.3 is 14.6 Å². The first-order valence-corrected chi connectivity index (χ1v) is 11.6. The van der Waals surface area contributed by atoms with Gasteiger partial charge in [-0.25, -0.2) is 0 Å². The first-order chi connectivity index (χ1) is 12.8. The fourth-order valence-corrected chi connectivity index (χ4v) is 3.51. The number of unbranched alkanes of at least 4 members (excludes halogenated alkanes) is 12. The molecule has 0 saturated carbocycles. The summed E-state index contributed by atoms with van der Waals surface area (Å²) in [4.78, 5) is 22.1. The van der Waals surface area contributed by atoms with Crippen LogP contribution in [0.1, 0.15) is 96.8 Å². The van der Waals surface area contributed by atoms with E-state index in [1.807, 2.05) is 0 Å². The number of carboxylic acids is 1. The van der Waals surface area contributed by atoms with Crippen molar-refractivity contribution in [1.29, 1.82) is 0 Å². The third-order valence-corrected chi connectivity index (χ3v) is 5.54. The first-order valence-electron chi connectivity index (χ1n) is 10.1. The molecule has 1 N–H and O–H groups in total. The van der Waals surface area contributed by atoms with E-state index in [-0.39, 0.29) is 36.2 Å². The van der Waals surface area contributed by atoms with Gasteiger partial charge in [-0.05, 0) is 6.42 Å². The van der Waals surface area contributed by atoms with Crippen molar-refractivity contribution in [3.63, 3.8) is 0 Å². The minimum Gasteiger partial charge on any atom is -0.550 e. The Morgan fingerprint density at radius 3 is 1.61 bits per heavy atom. The van der Waals surface area contributed by atoms with Crippen LogP contribution in [0, 0.1) is 0 Å². The average molecular weight is 431 g/mol. The van der Waals surface area contributed by atoms with Crippen molar-refractivity contribution >= 4 is 22.1 Å². The zero-order chi connectivity index (χ0) is 20.5. The van der Waals surface area contributed by atoms with Gasteiger partial charge in [-0.3, -0.25) is 9.35 Å². The predicted molar refractivity (Wildman–Crippen MR) is 102 cm³/mol. The standard InChI is InChI=1S/C19H36O7S.Na/c1-2-3-4-5-6-7-8-9-10-11-12-13-14-15-26-19(22)17(16-18(20)21)27(23,24)25;/h17H,2-16H2,1H3,(H,20,21)(H,23,24,25);/q;+1/p-1. The fourth-order valence-electron chi connectivity index (χ4n) is 2.85. The van der Waals surface area contributed by atoms with Crippen molar-refractivity contribution in [2.45, 2.75) is 102 Å². The van der Waals surface area contributed by atoms with E-state index in [1.165, 1.54) is 57.8 Å². The molecule has 0 saturated heterocycles. The molecule has 1 atom stereocenters. The van der Waals surface area contributed by atoms with Crippen LogP contribution in [0.4, 0.5) is 0 Å². The number of carbonyl (C=O) groups excluding carboxylic acids is 2. The van der Waals surface area contributed by atoms with Crippen LogP contribution < -0.4 is 34.7 Å². The molecule has 0 aromatic heterocycles. The molecule has 0 rings (SSSR count). The third-order valence-electron chi connectivity index (χ3n) is 4.47. The van der Waals surface area contributed by atoms with Gasteiger partial charge in [-0.2, -0.15) is 8.42 Å². The Hall–Kier alpha value is -0.150. The smallest absolute Gasteiger partial charge is 0.550 e. The minimum absolute atomic E-state index is 0. The summed E-state index contributed by atoms with van der Waals surface area (Å²) in [5.74, 6) is -2.99. The molecule has 0 spiro atoms. The van der Waals surface area contributed by atoms with Crippen LogP contribution in [0.15, 0.2) is 0 Å². The number of aliphatic carboxylic acids is 1. The summed E-state index contributed by atoms with van der Waals surface area (Å²) in [5.41, 5.74) is 0. The molecule has 160 valence electrons.